The molecule has 0 unspecified atom stereocenters. The second-order valence-corrected chi connectivity index (χ2v) is 5.15. The summed E-state index contributed by atoms with van der Waals surface area (Å²) in [5.41, 5.74) is 0.705. The molecule has 0 aromatic heterocycles. The van der Waals surface area contributed by atoms with E-state index in [1.807, 2.05) is 0 Å². The van der Waals surface area contributed by atoms with Crippen molar-refractivity contribution in [3.8, 4) is 11.5 Å². The van der Waals surface area contributed by atoms with Crippen LogP contribution in [0.2, 0.25) is 0 Å². The first kappa shape index (κ1) is 19.8. The van der Waals surface area contributed by atoms with Crippen molar-refractivity contribution in [1.82, 2.24) is 5.32 Å². The number of hydrogen-bond donors (Lipinski definition) is 3. The molecule has 9 heteroatoms. The molecule has 0 fully saturated rings. The molecule has 0 spiro atoms. The van der Waals surface area contributed by atoms with Crippen molar-refractivity contribution >= 4 is 53.2 Å². The van der Waals surface area contributed by atoms with Gasteiger partial charge >= 0.3 is 41.6 Å². The van der Waals surface area contributed by atoms with Gasteiger partial charge in [0.05, 0.1) is 5.56 Å². The third-order valence-electron chi connectivity index (χ3n) is 3.42. The van der Waals surface area contributed by atoms with E-state index in [1.54, 1.807) is 6.07 Å². The molecule has 8 nitrogen and oxygen atoms in total. The molecule has 0 saturated carbocycles. The Hall–Kier alpha value is -2.55. The van der Waals surface area contributed by atoms with Crippen LogP contribution in [0.1, 0.15) is 20.7 Å². The number of imide groups is 1. The van der Waals surface area contributed by atoms with E-state index in [9.17, 15) is 14.4 Å². The summed E-state index contributed by atoms with van der Waals surface area (Å²) in [7, 11) is 0. The van der Waals surface area contributed by atoms with E-state index in [0.29, 0.717) is 30.4 Å². The number of nitrogens with one attached hydrogen (secondary N) is 2. The zero-order valence-electron chi connectivity index (χ0n) is 12.9. The van der Waals surface area contributed by atoms with Gasteiger partial charge in [0, 0.05) is 11.3 Å². The maximum atomic E-state index is 12.1. The quantitative estimate of drug-likeness (QED) is 0.709. The first-order valence-corrected chi connectivity index (χ1v) is 7.38. The molecule has 1 heterocycles. The molecule has 2 aromatic rings. The minimum absolute atomic E-state index is 0. The van der Waals surface area contributed by atoms with Crippen LogP contribution in [-0.4, -0.2) is 65.8 Å². The van der Waals surface area contributed by atoms with Crippen LogP contribution < -0.4 is 20.1 Å². The van der Waals surface area contributed by atoms with Crippen molar-refractivity contribution in [2.75, 3.05) is 18.5 Å². The first-order valence-electron chi connectivity index (χ1n) is 7.38. The van der Waals surface area contributed by atoms with E-state index < -0.39 is 17.9 Å². The molecule has 0 radical (unpaired) electrons. The number of anilines is 1. The number of carboxylic acid groups (broad SMARTS) is 1. The van der Waals surface area contributed by atoms with Gasteiger partial charge in [-0.1, -0.05) is 0 Å². The van der Waals surface area contributed by atoms with Crippen molar-refractivity contribution in [2.24, 2.45) is 0 Å². The van der Waals surface area contributed by atoms with Crippen LogP contribution in [0.15, 0.2) is 42.5 Å². The van der Waals surface area contributed by atoms with Crippen molar-refractivity contribution in [3.63, 3.8) is 0 Å². The summed E-state index contributed by atoms with van der Waals surface area (Å²) in [5, 5.41) is 13.5. The molecule has 130 valence electrons. The number of fused-ring (bicyclic) bond motifs is 1. The fourth-order valence-corrected chi connectivity index (χ4v) is 2.22. The average molecular weight is 366 g/mol. The topological polar surface area (TPSA) is 114 Å². The Bertz CT molecular complexity index is 838. The first-order chi connectivity index (χ1) is 12.0. The van der Waals surface area contributed by atoms with Crippen molar-refractivity contribution in [1.29, 1.82) is 0 Å². The molecule has 0 bridgehead atoms. The van der Waals surface area contributed by atoms with Crippen molar-refractivity contribution in [3.05, 3.63) is 53.6 Å². The van der Waals surface area contributed by atoms with Crippen LogP contribution in [0.25, 0.3) is 0 Å². The number of hydrogen-bond acceptors (Lipinski definition) is 5. The van der Waals surface area contributed by atoms with Crippen LogP contribution in [0.4, 0.5) is 10.5 Å². The summed E-state index contributed by atoms with van der Waals surface area (Å²) in [6.07, 6.45) is 0. The van der Waals surface area contributed by atoms with Gasteiger partial charge in [-0.25, -0.2) is 9.59 Å². The van der Waals surface area contributed by atoms with E-state index in [1.165, 1.54) is 36.4 Å². The normalized spacial score (nSPS) is 11.7. The number of carboxylic acids is 1. The Morgan fingerprint density at radius 3 is 2.15 bits per heavy atom. The van der Waals surface area contributed by atoms with Crippen molar-refractivity contribution in [2.45, 2.75) is 0 Å². The molecule has 3 rings (SSSR count). The zero-order valence-corrected chi connectivity index (χ0v) is 12.9. The number of benzene rings is 2. The molecule has 3 amide bonds. The predicted molar refractivity (Wildman–Crippen MR) is 94.5 cm³/mol. The molecule has 1 aliphatic heterocycles. The monoisotopic (exact) mass is 366 g/mol. The zero-order chi connectivity index (χ0) is 17.8. The summed E-state index contributed by atoms with van der Waals surface area (Å²) >= 11 is 0. The second-order valence-electron chi connectivity index (χ2n) is 5.15. The number of amides is 3. The third kappa shape index (κ3) is 4.75. The van der Waals surface area contributed by atoms with E-state index in [-0.39, 0.29) is 40.7 Å². The van der Waals surface area contributed by atoms with E-state index >= 15 is 0 Å². The molecule has 0 atom stereocenters. The maximum absolute atomic E-state index is 12.1. The Morgan fingerprint density at radius 1 is 0.885 bits per heavy atom. The summed E-state index contributed by atoms with van der Waals surface area (Å²) in [5.74, 6) is -0.671. The Balaban J connectivity index is 0.00000243. The molecule has 26 heavy (non-hydrogen) atoms. The van der Waals surface area contributed by atoms with Crippen molar-refractivity contribution < 1.29 is 29.0 Å². The Labute approximate surface area is 170 Å². The fourth-order valence-electron chi connectivity index (χ4n) is 2.22. The van der Waals surface area contributed by atoms with Gasteiger partial charge in [0.1, 0.15) is 13.2 Å². The number of aromatic carboxylic acids is 1. The van der Waals surface area contributed by atoms with Gasteiger partial charge in [-0.3, -0.25) is 10.1 Å². The molecule has 0 saturated heterocycles. The average Bonchev–Trinajstić information content (AvgIpc) is 2.61. The van der Waals surface area contributed by atoms with Crippen LogP contribution in [0.5, 0.6) is 11.5 Å². The molecule has 0 aliphatic carbocycles. The van der Waals surface area contributed by atoms with Crippen LogP contribution in [0.3, 0.4) is 0 Å². The number of carbonyl (C=O) groups excluding carboxylic acids is 2. The van der Waals surface area contributed by atoms with E-state index in [0.717, 1.165) is 0 Å². The van der Waals surface area contributed by atoms with Gasteiger partial charge in [0.2, 0.25) is 0 Å². The van der Waals surface area contributed by atoms with Gasteiger partial charge in [-0.2, -0.15) is 0 Å². The Morgan fingerprint density at radius 2 is 1.50 bits per heavy atom. The minimum atomic E-state index is -1.07. The van der Waals surface area contributed by atoms with Crippen LogP contribution in [0, 0.1) is 0 Å². The summed E-state index contributed by atoms with van der Waals surface area (Å²) in [4.78, 5) is 34.8. The second kappa shape index (κ2) is 8.70. The van der Waals surface area contributed by atoms with Gasteiger partial charge in [0.15, 0.2) is 11.5 Å². The van der Waals surface area contributed by atoms with Gasteiger partial charge in [0.25, 0.3) is 5.91 Å². The number of urea groups is 1. The number of carbonyl (C=O) groups is 3. The predicted octanol–water partition coefficient (Wildman–Crippen LogP) is 1.47. The molecular weight excluding hydrogens is 351 g/mol. The number of rotatable bonds is 3. The van der Waals surface area contributed by atoms with Crippen LogP contribution >= 0.6 is 0 Å². The third-order valence-corrected chi connectivity index (χ3v) is 3.42. The van der Waals surface area contributed by atoms with Gasteiger partial charge < -0.3 is 19.9 Å². The standard InChI is InChI=1S/C17H14N2O6.Na.H/c20-15(11-3-6-13-14(9-11)25-8-7-24-13)19-17(23)18-12-4-1-10(2-5-12)16(21)22;;/h1-6,9H,7-8H2,(H,21,22)(H2,18,19,20,23);;. The molecule has 1 aliphatic rings. The Kier molecular flexibility index (Phi) is 6.62. The van der Waals surface area contributed by atoms with E-state index in [4.69, 9.17) is 14.6 Å². The summed E-state index contributed by atoms with van der Waals surface area (Å²) in [6, 6.07) is 9.45. The summed E-state index contributed by atoms with van der Waals surface area (Å²) in [6.45, 7) is 0.840. The molecular formula is C17H15N2NaO6. The number of ether oxygens (including phenoxy) is 2. The molecule has 2 aromatic carbocycles. The van der Waals surface area contributed by atoms with Gasteiger partial charge in [-0.15, -0.1) is 0 Å². The summed E-state index contributed by atoms with van der Waals surface area (Å²) < 4.78 is 10.8. The van der Waals surface area contributed by atoms with Gasteiger partial charge in [-0.05, 0) is 42.5 Å². The van der Waals surface area contributed by atoms with E-state index in [2.05, 4.69) is 10.6 Å². The van der Waals surface area contributed by atoms with Crippen LogP contribution in [-0.2, 0) is 0 Å². The SMILES string of the molecule is O=C(NC(=O)c1ccc2c(c1)OCCO2)Nc1ccc(C(=O)O)cc1.[NaH]. The molecule has 3 N–H and O–H groups in total. The fraction of sp³-hybridized carbons (Fsp3) is 0.118.